The minimum absolute atomic E-state index is 0.176. The second kappa shape index (κ2) is 1.89. The average molecular weight is 124 g/mol. The summed E-state index contributed by atoms with van der Waals surface area (Å²) in [6.07, 6.45) is 1.70. The first-order valence-electron chi connectivity index (χ1n) is 2.54. The van der Waals surface area contributed by atoms with Gasteiger partial charge in [0.15, 0.2) is 0 Å². The molecule has 4 heteroatoms. The summed E-state index contributed by atoms with van der Waals surface area (Å²) in [4.78, 5) is 3.68. The molecule has 0 fully saturated rings. The number of hydrogen-bond acceptors (Lipinski definition) is 3. The highest BCUT2D eigenvalue weighted by Gasteiger charge is 1.85. The van der Waals surface area contributed by atoms with Gasteiger partial charge >= 0.3 is 0 Å². The number of nitrogen functional groups attached to an aromatic ring is 1. The Kier molecular flexibility index (Phi) is 1.22. The van der Waals surface area contributed by atoms with E-state index in [0.29, 0.717) is 5.82 Å². The van der Waals surface area contributed by atoms with Gasteiger partial charge in [0.05, 0.1) is 0 Å². The van der Waals surface area contributed by atoms with Crippen LogP contribution in [0.5, 0.6) is 0 Å². The fourth-order valence-electron chi connectivity index (χ4n) is 0.497. The van der Waals surface area contributed by atoms with E-state index in [1.54, 1.807) is 23.9 Å². The fraction of sp³-hybridized carbons (Fsp3) is 0.200. The molecule has 1 rings (SSSR count). The van der Waals surface area contributed by atoms with Crippen LogP contribution in [0.4, 0.5) is 5.82 Å². The van der Waals surface area contributed by atoms with Crippen LogP contribution in [0, 0.1) is 5.41 Å². The number of aryl methyl sites for hydroxylation is 1. The molecule has 0 atom stereocenters. The maximum Gasteiger partial charge on any atom is 0.223 e. The summed E-state index contributed by atoms with van der Waals surface area (Å²) in [7, 11) is 1.74. The van der Waals surface area contributed by atoms with Crippen molar-refractivity contribution in [2.24, 2.45) is 7.05 Å². The van der Waals surface area contributed by atoms with Gasteiger partial charge in [0.1, 0.15) is 5.82 Å². The van der Waals surface area contributed by atoms with E-state index in [9.17, 15) is 0 Å². The third kappa shape index (κ3) is 1.07. The molecule has 0 aliphatic rings. The van der Waals surface area contributed by atoms with Crippen LogP contribution in [0.2, 0.25) is 0 Å². The highest BCUT2D eigenvalue weighted by molar-refractivity contribution is 5.22. The Morgan fingerprint density at radius 1 is 1.78 bits per heavy atom. The molecule has 0 unspecified atom stereocenters. The van der Waals surface area contributed by atoms with E-state index < -0.39 is 0 Å². The molecular weight excluding hydrogens is 116 g/mol. The molecule has 48 valence electrons. The van der Waals surface area contributed by atoms with E-state index in [-0.39, 0.29) is 5.62 Å². The fourth-order valence-corrected chi connectivity index (χ4v) is 0.497. The topological polar surface area (TPSA) is 67.7 Å². The number of aromatic nitrogens is 2. The Bertz CT molecular complexity index is 262. The lowest BCUT2D eigenvalue weighted by Crippen LogP contribution is -2.20. The van der Waals surface area contributed by atoms with E-state index in [1.807, 2.05) is 0 Å². The van der Waals surface area contributed by atoms with Crippen LogP contribution in [0.25, 0.3) is 0 Å². The van der Waals surface area contributed by atoms with Crippen LogP contribution < -0.4 is 11.4 Å². The molecule has 3 N–H and O–H groups in total. The van der Waals surface area contributed by atoms with Crippen molar-refractivity contribution < 1.29 is 0 Å². The lowest BCUT2D eigenvalue weighted by Gasteiger charge is -1.95. The van der Waals surface area contributed by atoms with Gasteiger partial charge in [-0.3, -0.25) is 5.41 Å². The van der Waals surface area contributed by atoms with Crippen molar-refractivity contribution >= 4 is 5.82 Å². The van der Waals surface area contributed by atoms with Crippen molar-refractivity contribution in [1.82, 2.24) is 9.55 Å². The van der Waals surface area contributed by atoms with Gasteiger partial charge < -0.3 is 10.3 Å². The predicted molar refractivity (Wildman–Crippen MR) is 33.5 cm³/mol. The van der Waals surface area contributed by atoms with Crippen molar-refractivity contribution in [1.29, 1.82) is 5.41 Å². The Morgan fingerprint density at radius 3 is 2.89 bits per heavy atom. The smallest absolute Gasteiger partial charge is 0.223 e. The van der Waals surface area contributed by atoms with Gasteiger partial charge in [-0.05, 0) is 6.07 Å². The molecule has 1 aromatic rings. The normalized spacial score (nSPS) is 9.44. The molecule has 0 spiro atoms. The molecule has 0 bridgehead atoms. The van der Waals surface area contributed by atoms with Crippen LogP contribution >= 0.6 is 0 Å². The highest BCUT2D eigenvalue weighted by Crippen LogP contribution is 1.85. The van der Waals surface area contributed by atoms with Gasteiger partial charge in [-0.1, -0.05) is 0 Å². The van der Waals surface area contributed by atoms with Crippen molar-refractivity contribution in [3.05, 3.63) is 17.9 Å². The molecule has 0 aromatic carbocycles. The third-order valence-electron chi connectivity index (χ3n) is 1.04. The van der Waals surface area contributed by atoms with Crippen molar-refractivity contribution in [3.8, 4) is 0 Å². The summed E-state index contributed by atoms with van der Waals surface area (Å²) in [5.41, 5.74) is 5.46. The number of hydrogen-bond donors (Lipinski definition) is 2. The Morgan fingerprint density at radius 2 is 2.44 bits per heavy atom. The van der Waals surface area contributed by atoms with E-state index in [4.69, 9.17) is 11.1 Å². The zero-order valence-corrected chi connectivity index (χ0v) is 5.13. The molecule has 4 nitrogen and oxygen atoms in total. The number of nitrogens with zero attached hydrogens (tertiary/aromatic N) is 2. The molecule has 0 amide bonds. The zero-order valence-electron chi connectivity index (χ0n) is 5.13. The molecule has 0 saturated heterocycles. The largest absolute Gasteiger partial charge is 0.384 e. The maximum absolute atomic E-state index is 7.13. The van der Waals surface area contributed by atoms with Crippen LogP contribution in [0.1, 0.15) is 0 Å². The Hall–Kier alpha value is -1.32. The number of nitrogens with one attached hydrogen (secondary N) is 1. The number of rotatable bonds is 0. The number of nitrogens with two attached hydrogens (primary N) is 1. The first-order chi connectivity index (χ1) is 4.20. The van der Waals surface area contributed by atoms with Gasteiger partial charge in [-0.15, -0.1) is 0 Å². The summed E-state index contributed by atoms with van der Waals surface area (Å²) in [5, 5.41) is 7.13. The summed E-state index contributed by atoms with van der Waals surface area (Å²) < 4.78 is 1.58. The third-order valence-corrected chi connectivity index (χ3v) is 1.04. The molecular formula is C5H8N4. The summed E-state index contributed by atoms with van der Waals surface area (Å²) in [5.74, 6) is 0.387. The van der Waals surface area contributed by atoms with E-state index in [2.05, 4.69) is 4.98 Å². The lowest BCUT2D eigenvalue weighted by molar-refractivity contribution is 0.766. The first-order valence-corrected chi connectivity index (χ1v) is 2.54. The lowest BCUT2D eigenvalue weighted by atomic mass is 10.6. The molecule has 0 aliphatic carbocycles. The minimum atomic E-state index is 0.176. The Balaban J connectivity index is 3.34. The van der Waals surface area contributed by atoms with E-state index >= 15 is 0 Å². The van der Waals surface area contributed by atoms with Crippen LogP contribution in [0.15, 0.2) is 12.3 Å². The maximum atomic E-state index is 7.13. The monoisotopic (exact) mass is 124 g/mol. The van der Waals surface area contributed by atoms with Gasteiger partial charge in [0, 0.05) is 13.2 Å². The standard InChI is InChI=1S/C5H8N4/c1-9-3-2-4(6)8-5(9)7/h2-3H,1H3,(H3,6,7,8). The Labute approximate surface area is 52.5 Å². The van der Waals surface area contributed by atoms with Crippen LogP contribution in [0.3, 0.4) is 0 Å². The van der Waals surface area contributed by atoms with Gasteiger partial charge in [-0.2, -0.15) is 4.98 Å². The SMILES string of the molecule is Cn1ccc(N)nc1=N. The minimum Gasteiger partial charge on any atom is -0.384 e. The van der Waals surface area contributed by atoms with Crippen molar-refractivity contribution in [2.75, 3.05) is 5.73 Å². The first kappa shape index (κ1) is 5.81. The van der Waals surface area contributed by atoms with Crippen molar-refractivity contribution in [3.63, 3.8) is 0 Å². The van der Waals surface area contributed by atoms with Gasteiger partial charge in [0.25, 0.3) is 0 Å². The molecule has 0 saturated carbocycles. The van der Waals surface area contributed by atoms with Crippen LogP contribution in [-0.2, 0) is 7.05 Å². The van der Waals surface area contributed by atoms with Gasteiger partial charge in [0.2, 0.25) is 5.62 Å². The zero-order chi connectivity index (χ0) is 6.85. The summed E-state index contributed by atoms with van der Waals surface area (Å²) in [6.45, 7) is 0. The van der Waals surface area contributed by atoms with E-state index in [0.717, 1.165) is 0 Å². The molecule has 0 aliphatic heterocycles. The quantitative estimate of drug-likeness (QED) is 0.488. The molecule has 1 heterocycles. The molecule has 0 radical (unpaired) electrons. The average Bonchev–Trinajstić information content (AvgIpc) is 1.80. The van der Waals surface area contributed by atoms with Gasteiger partial charge in [-0.25, -0.2) is 0 Å². The molecule has 9 heavy (non-hydrogen) atoms. The van der Waals surface area contributed by atoms with E-state index in [1.165, 1.54) is 0 Å². The second-order valence-electron chi connectivity index (χ2n) is 1.79. The predicted octanol–water partition coefficient (Wildman–Crippen LogP) is -0.518. The second-order valence-corrected chi connectivity index (χ2v) is 1.79. The van der Waals surface area contributed by atoms with Crippen LogP contribution in [-0.4, -0.2) is 9.55 Å². The highest BCUT2D eigenvalue weighted by atomic mass is 15.0. The number of anilines is 1. The summed E-state index contributed by atoms with van der Waals surface area (Å²) >= 11 is 0. The van der Waals surface area contributed by atoms with Crippen molar-refractivity contribution in [2.45, 2.75) is 0 Å². The summed E-state index contributed by atoms with van der Waals surface area (Å²) in [6, 6.07) is 1.65. The molecule has 1 aromatic heterocycles.